The van der Waals surface area contributed by atoms with Gasteiger partial charge in [-0.3, -0.25) is 4.79 Å². The highest BCUT2D eigenvalue weighted by molar-refractivity contribution is 5.77. The van der Waals surface area contributed by atoms with Crippen LogP contribution in [0.3, 0.4) is 0 Å². The van der Waals surface area contributed by atoms with E-state index in [0.29, 0.717) is 24.4 Å². The van der Waals surface area contributed by atoms with E-state index in [-0.39, 0.29) is 5.91 Å². The Morgan fingerprint density at radius 2 is 2.12 bits per heavy atom. The Morgan fingerprint density at radius 3 is 2.79 bits per heavy atom. The summed E-state index contributed by atoms with van der Waals surface area (Å²) < 4.78 is 5.59. The van der Waals surface area contributed by atoms with E-state index in [4.69, 9.17) is 4.74 Å². The van der Waals surface area contributed by atoms with Crippen LogP contribution < -0.4 is 0 Å². The van der Waals surface area contributed by atoms with Crippen LogP contribution in [0.4, 0.5) is 0 Å². The van der Waals surface area contributed by atoms with E-state index in [2.05, 4.69) is 9.97 Å². The van der Waals surface area contributed by atoms with Crippen LogP contribution in [0.15, 0.2) is 24.3 Å². The number of nitrogens with zero attached hydrogens (tertiary/aromatic N) is 2. The molecule has 2 aliphatic rings. The Kier molecular flexibility index (Phi) is 4.04. The number of benzene rings is 1. The Bertz CT molecular complexity index is 696. The minimum absolute atomic E-state index is 0.249. The van der Waals surface area contributed by atoms with Gasteiger partial charge in [0.25, 0.3) is 0 Å². The van der Waals surface area contributed by atoms with E-state index in [1.165, 1.54) is 12.8 Å². The molecule has 1 aliphatic carbocycles. The van der Waals surface area contributed by atoms with Gasteiger partial charge in [-0.15, -0.1) is 0 Å². The van der Waals surface area contributed by atoms with Crippen LogP contribution in [0, 0.1) is 5.41 Å². The third kappa shape index (κ3) is 2.71. The number of nitrogens with one attached hydrogen (secondary N) is 1. The number of piperidine rings is 1. The van der Waals surface area contributed by atoms with Crippen LogP contribution in [-0.2, 0) is 16.0 Å². The number of carbonyl (C=O) groups is 1. The Balaban J connectivity index is 1.31. The van der Waals surface area contributed by atoms with Crippen molar-refractivity contribution < 1.29 is 9.53 Å². The second-order valence-corrected chi connectivity index (χ2v) is 7.21. The number of hydrogen-bond donors (Lipinski definition) is 1. The molecule has 2 aromatic rings. The first-order chi connectivity index (χ1) is 11.7. The third-order valence-corrected chi connectivity index (χ3v) is 6.00. The second-order valence-electron chi connectivity index (χ2n) is 7.21. The summed E-state index contributed by atoms with van der Waals surface area (Å²) in [5.41, 5.74) is 2.36. The Hall–Kier alpha value is -1.88. The molecule has 24 heavy (non-hydrogen) atoms. The van der Waals surface area contributed by atoms with Crippen molar-refractivity contribution in [1.82, 2.24) is 14.9 Å². The maximum atomic E-state index is 12.5. The van der Waals surface area contributed by atoms with E-state index in [9.17, 15) is 4.79 Å². The van der Waals surface area contributed by atoms with Crippen LogP contribution in [0.1, 0.15) is 37.9 Å². The van der Waals surface area contributed by atoms with Gasteiger partial charge in [-0.05, 0) is 37.8 Å². The van der Waals surface area contributed by atoms with Crippen molar-refractivity contribution in [3.05, 3.63) is 30.1 Å². The first kappa shape index (κ1) is 15.6. The standard InChI is InChI=1S/C19H25N3O2/c1-24-16-8-9-19(16)10-12-22(13-11-19)18(23)7-6-17-20-14-4-2-3-5-15(14)21-17/h2-5,16H,6-13H2,1H3,(H,20,21). The molecule has 1 aromatic carbocycles. The number of H-pyrrole nitrogens is 1. The van der Waals surface area contributed by atoms with Crippen LogP contribution in [-0.4, -0.2) is 47.1 Å². The Morgan fingerprint density at radius 1 is 1.33 bits per heavy atom. The van der Waals surface area contributed by atoms with E-state index < -0.39 is 0 Å². The molecule has 1 unspecified atom stereocenters. The lowest BCUT2D eigenvalue weighted by Gasteiger charge is -2.53. The molecule has 0 radical (unpaired) electrons. The molecule has 1 aliphatic heterocycles. The lowest BCUT2D eigenvalue weighted by atomic mass is 9.61. The summed E-state index contributed by atoms with van der Waals surface area (Å²) in [5.74, 6) is 1.15. The predicted octanol–water partition coefficient (Wildman–Crippen LogP) is 2.91. The van der Waals surface area contributed by atoms with Gasteiger partial charge in [-0.1, -0.05) is 12.1 Å². The molecule has 0 bridgehead atoms. The molecule has 1 N–H and O–H groups in total. The zero-order valence-corrected chi connectivity index (χ0v) is 14.3. The molecule has 2 fully saturated rings. The molecule has 1 aromatic heterocycles. The highest BCUT2D eigenvalue weighted by Crippen LogP contribution is 2.50. The fourth-order valence-electron chi connectivity index (χ4n) is 4.32. The summed E-state index contributed by atoms with van der Waals surface area (Å²) in [4.78, 5) is 22.4. The van der Waals surface area contributed by atoms with Crippen molar-refractivity contribution in [2.45, 2.75) is 44.6 Å². The molecular weight excluding hydrogens is 302 g/mol. The SMILES string of the molecule is COC1CCC12CCN(C(=O)CCc1nc3ccccc3[nH]1)CC2. The molecule has 5 nitrogen and oxygen atoms in total. The summed E-state index contributed by atoms with van der Waals surface area (Å²) in [6.07, 6.45) is 6.22. The lowest BCUT2D eigenvalue weighted by Crippen LogP contribution is -2.53. The molecule has 1 saturated heterocycles. The van der Waals surface area contributed by atoms with Gasteiger partial charge in [0.15, 0.2) is 0 Å². The summed E-state index contributed by atoms with van der Waals surface area (Å²) in [5, 5.41) is 0. The van der Waals surface area contributed by atoms with Gasteiger partial charge in [-0.2, -0.15) is 0 Å². The fraction of sp³-hybridized carbons (Fsp3) is 0.579. The van der Waals surface area contributed by atoms with Gasteiger partial charge < -0.3 is 14.6 Å². The number of carbonyl (C=O) groups excluding carboxylic acids is 1. The van der Waals surface area contributed by atoms with Crippen molar-refractivity contribution in [2.24, 2.45) is 5.41 Å². The molecule has 4 rings (SSSR count). The number of hydrogen-bond acceptors (Lipinski definition) is 3. The number of amides is 1. The summed E-state index contributed by atoms with van der Waals surface area (Å²) in [6, 6.07) is 7.98. The smallest absolute Gasteiger partial charge is 0.223 e. The molecule has 5 heteroatoms. The number of methoxy groups -OCH3 is 1. The number of likely N-dealkylation sites (tertiary alicyclic amines) is 1. The van der Waals surface area contributed by atoms with Crippen molar-refractivity contribution >= 4 is 16.9 Å². The van der Waals surface area contributed by atoms with Crippen molar-refractivity contribution in [3.8, 4) is 0 Å². The fourth-order valence-corrected chi connectivity index (χ4v) is 4.32. The van der Waals surface area contributed by atoms with Gasteiger partial charge in [-0.25, -0.2) is 4.98 Å². The molecule has 128 valence electrons. The van der Waals surface area contributed by atoms with E-state index in [1.54, 1.807) is 0 Å². The zero-order chi connectivity index (χ0) is 16.6. The molecule has 2 heterocycles. The minimum atomic E-state index is 0.249. The largest absolute Gasteiger partial charge is 0.381 e. The maximum absolute atomic E-state index is 12.5. The van der Waals surface area contributed by atoms with Crippen LogP contribution in [0.5, 0.6) is 0 Å². The predicted molar refractivity (Wildman–Crippen MR) is 92.7 cm³/mol. The minimum Gasteiger partial charge on any atom is -0.381 e. The average molecular weight is 327 g/mol. The number of para-hydroxylation sites is 2. The average Bonchev–Trinajstić information content (AvgIpc) is 3.02. The first-order valence-electron chi connectivity index (χ1n) is 8.94. The van der Waals surface area contributed by atoms with Gasteiger partial charge >= 0.3 is 0 Å². The number of rotatable bonds is 4. The molecule has 1 atom stereocenters. The normalized spacial score (nSPS) is 22.7. The monoisotopic (exact) mass is 327 g/mol. The van der Waals surface area contributed by atoms with Gasteiger partial charge in [0.1, 0.15) is 5.82 Å². The quantitative estimate of drug-likeness (QED) is 0.939. The zero-order valence-electron chi connectivity index (χ0n) is 14.3. The molecule has 1 saturated carbocycles. The van der Waals surface area contributed by atoms with Crippen molar-refractivity contribution in [2.75, 3.05) is 20.2 Å². The number of ether oxygens (including phenoxy) is 1. The van der Waals surface area contributed by atoms with E-state index >= 15 is 0 Å². The van der Waals surface area contributed by atoms with Crippen molar-refractivity contribution in [1.29, 1.82) is 0 Å². The second kappa shape index (κ2) is 6.20. The van der Waals surface area contributed by atoms with E-state index in [1.807, 2.05) is 36.3 Å². The van der Waals surface area contributed by atoms with Crippen LogP contribution in [0.2, 0.25) is 0 Å². The summed E-state index contributed by atoms with van der Waals surface area (Å²) in [7, 11) is 1.82. The number of aromatic nitrogens is 2. The topological polar surface area (TPSA) is 58.2 Å². The molecule has 1 spiro atoms. The Labute approximate surface area is 142 Å². The number of aromatic amines is 1. The van der Waals surface area contributed by atoms with Crippen molar-refractivity contribution in [3.63, 3.8) is 0 Å². The van der Waals surface area contributed by atoms with Crippen LogP contribution in [0.25, 0.3) is 11.0 Å². The van der Waals surface area contributed by atoms with Gasteiger partial charge in [0, 0.05) is 38.5 Å². The third-order valence-electron chi connectivity index (χ3n) is 6.00. The highest BCUT2D eigenvalue weighted by atomic mass is 16.5. The summed E-state index contributed by atoms with van der Waals surface area (Å²) in [6.45, 7) is 1.75. The van der Waals surface area contributed by atoms with E-state index in [0.717, 1.165) is 42.8 Å². The molecule has 1 amide bonds. The maximum Gasteiger partial charge on any atom is 0.223 e. The first-order valence-corrected chi connectivity index (χ1v) is 8.94. The van der Waals surface area contributed by atoms with Crippen LogP contribution >= 0.6 is 0 Å². The highest BCUT2D eigenvalue weighted by Gasteiger charge is 2.48. The lowest BCUT2D eigenvalue weighted by molar-refractivity contribution is -0.144. The molecular formula is C19H25N3O2. The van der Waals surface area contributed by atoms with Gasteiger partial charge in [0.2, 0.25) is 5.91 Å². The number of imidazole rings is 1. The number of fused-ring (bicyclic) bond motifs is 1. The van der Waals surface area contributed by atoms with Gasteiger partial charge in [0.05, 0.1) is 17.1 Å². The summed E-state index contributed by atoms with van der Waals surface area (Å²) >= 11 is 0. The number of aryl methyl sites for hydroxylation is 1.